The molecule has 1 amide bonds. The number of primary amides is 1. The molecule has 0 radical (unpaired) electrons. The summed E-state index contributed by atoms with van der Waals surface area (Å²) in [6, 6.07) is 4.37. The predicted molar refractivity (Wildman–Crippen MR) is 81.3 cm³/mol. The number of rotatable bonds is 3. The van der Waals surface area contributed by atoms with Crippen LogP contribution in [0.5, 0.6) is 0 Å². The van der Waals surface area contributed by atoms with Crippen molar-refractivity contribution in [2.45, 2.75) is 4.90 Å². The molecule has 6 nitrogen and oxygen atoms in total. The first kappa shape index (κ1) is 15.0. The van der Waals surface area contributed by atoms with E-state index >= 15 is 0 Å². The van der Waals surface area contributed by atoms with Gasteiger partial charge in [0.25, 0.3) is 0 Å². The molecule has 3 N–H and O–H groups in total. The highest BCUT2D eigenvalue weighted by Gasteiger charge is 2.41. The van der Waals surface area contributed by atoms with Crippen molar-refractivity contribution < 1.29 is 13.2 Å². The van der Waals surface area contributed by atoms with Gasteiger partial charge in [-0.3, -0.25) is 4.79 Å². The van der Waals surface area contributed by atoms with Gasteiger partial charge in [0.2, 0.25) is 15.9 Å². The van der Waals surface area contributed by atoms with Gasteiger partial charge in [-0.15, -0.1) is 0 Å². The molecule has 2 atom stereocenters. The number of nitrogens with two attached hydrogens (primary N) is 1. The van der Waals surface area contributed by atoms with Crippen molar-refractivity contribution in [1.82, 2.24) is 9.62 Å². The van der Waals surface area contributed by atoms with Crippen molar-refractivity contribution in [1.29, 1.82) is 0 Å². The van der Waals surface area contributed by atoms with Gasteiger partial charge < -0.3 is 11.1 Å². The third-order valence-electron chi connectivity index (χ3n) is 4.15. The summed E-state index contributed by atoms with van der Waals surface area (Å²) in [5, 5.41) is 3.28. The van der Waals surface area contributed by atoms with Gasteiger partial charge in [0.05, 0.1) is 4.90 Å². The number of halogens is 1. The monoisotopic (exact) mass is 373 g/mol. The van der Waals surface area contributed by atoms with E-state index in [9.17, 15) is 13.2 Å². The zero-order valence-electron chi connectivity index (χ0n) is 11.3. The SMILES string of the molecule is NC(=O)c1cc(Br)cc(S(=O)(=O)N2C[C@H]3CNC[C@H]3C2)c1. The number of hydrogen-bond acceptors (Lipinski definition) is 4. The zero-order chi connectivity index (χ0) is 15.2. The zero-order valence-corrected chi connectivity index (χ0v) is 13.7. The fourth-order valence-corrected chi connectivity index (χ4v) is 5.28. The summed E-state index contributed by atoms with van der Waals surface area (Å²) in [6.45, 7) is 2.78. The molecule has 0 bridgehead atoms. The minimum atomic E-state index is -3.59. The third kappa shape index (κ3) is 2.73. The Morgan fingerprint density at radius 2 is 1.86 bits per heavy atom. The van der Waals surface area contributed by atoms with Crippen molar-refractivity contribution in [2.24, 2.45) is 17.6 Å². The van der Waals surface area contributed by atoms with Crippen LogP contribution in [0.2, 0.25) is 0 Å². The lowest BCUT2D eigenvalue weighted by Crippen LogP contribution is -2.32. The Morgan fingerprint density at radius 3 is 2.43 bits per heavy atom. The van der Waals surface area contributed by atoms with Crippen LogP contribution in [0.25, 0.3) is 0 Å². The second kappa shape index (κ2) is 5.35. The number of carbonyl (C=O) groups excluding carboxylic acids is 1. The second-order valence-electron chi connectivity index (χ2n) is 5.54. The summed E-state index contributed by atoms with van der Waals surface area (Å²) >= 11 is 3.23. The first-order chi connectivity index (χ1) is 9.88. The molecule has 0 aromatic heterocycles. The topological polar surface area (TPSA) is 92.5 Å². The van der Waals surface area contributed by atoms with Crippen LogP contribution in [-0.2, 0) is 10.0 Å². The molecule has 2 fully saturated rings. The van der Waals surface area contributed by atoms with Gasteiger partial charge in [-0.05, 0) is 43.1 Å². The molecule has 0 unspecified atom stereocenters. The van der Waals surface area contributed by atoms with Crippen LogP contribution >= 0.6 is 15.9 Å². The summed E-state index contributed by atoms with van der Waals surface area (Å²) in [5.41, 5.74) is 5.43. The summed E-state index contributed by atoms with van der Waals surface area (Å²) < 4.78 is 27.5. The van der Waals surface area contributed by atoms with E-state index in [2.05, 4.69) is 21.2 Å². The van der Waals surface area contributed by atoms with E-state index in [1.54, 1.807) is 0 Å². The summed E-state index contributed by atoms with van der Waals surface area (Å²) in [5.74, 6) is 0.111. The number of amides is 1. The molecule has 0 aliphatic carbocycles. The number of carbonyl (C=O) groups is 1. The second-order valence-corrected chi connectivity index (χ2v) is 8.39. The van der Waals surface area contributed by atoms with Gasteiger partial charge >= 0.3 is 0 Å². The van der Waals surface area contributed by atoms with E-state index in [1.165, 1.54) is 22.5 Å². The molecule has 0 saturated carbocycles. The lowest BCUT2D eigenvalue weighted by atomic mass is 10.0. The normalized spacial score (nSPS) is 26.0. The molecule has 114 valence electrons. The average Bonchev–Trinajstić information content (AvgIpc) is 2.98. The van der Waals surface area contributed by atoms with E-state index in [4.69, 9.17) is 5.73 Å². The first-order valence-corrected chi connectivity index (χ1v) is 8.92. The van der Waals surface area contributed by atoms with E-state index in [1.807, 2.05) is 0 Å². The summed E-state index contributed by atoms with van der Waals surface area (Å²) in [7, 11) is -3.59. The smallest absolute Gasteiger partial charge is 0.248 e. The van der Waals surface area contributed by atoms with Crippen molar-refractivity contribution in [2.75, 3.05) is 26.2 Å². The van der Waals surface area contributed by atoms with E-state index in [0.29, 0.717) is 29.4 Å². The van der Waals surface area contributed by atoms with Crippen molar-refractivity contribution in [3.63, 3.8) is 0 Å². The molecule has 1 aromatic rings. The average molecular weight is 374 g/mol. The van der Waals surface area contributed by atoms with Crippen LogP contribution in [-0.4, -0.2) is 44.8 Å². The number of nitrogens with zero attached hydrogens (tertiary/aromatic N) is 1. The van der Waals surface area contributed by atoms with Crippen LogP contribution in [0.15, 0.2) is 27.6 Å². The van der Waals surface area contributed by atoms with Gasteiger partial charge in [-0.1, -0.05) is 15.9 Å². The van der Waals surface area contributed by atoms with Crippen LogP contribution in [0, 0.1) is 11.8 Å². The van der Waals surface area contributed by atoms with Crippen molar-refractivity contribution >= 4 is 31.9 Å². The van der Waals surface area contributed by atoms with Crippen molar-refractivity contribution in [3.05, 3.63) is 28.2 Å². The highest BCUT2D eigenvalue weighted by atomic mass is 79.9. The van der Waals surface area contributed by atoms with Gasteiger partial charge in [-0.2, -0.15) is 4.31 Å². The van der Waals surface area contributed by atoms with Gasteiger partial charge in [-0.25, -0.2) is 8.42 Å². The standard InChI is InChI=1S/C13H16BrN3O3S/c14-11-1-8(13(15)18)2-12(3-11)21(19,20)17-6-9-4-16-5-10(9)7-17/h1-3,9-10,16H,4-7H2,(H2,15,18)/t9-,10+. The van der Waals surface area contributed by atoms with Gasteiger partial charge in [0, 0.05) is 23.1 Å². The quantitative estimate of drug-likeness (QED) is 0.801. The Balaban J connectivity index is 1.93. The summed E-state index contributed by atoms with van der Waals surface area (Å²) in [6.07, 6.45) is 0. The van der Waals surface area contributed by atoms with E-state index in [-0.39, 0.29) is 10.5 Å². The molecule has 2 saturated heterocycles. The Kier molecular flexibility index (Phi) is 3.81. The number of sulfonamides is 1. The lowest BCUT2D eigenvalue weighted by Gasteiger charge is -2.18. The summed E-state index contributed by atoms with van der Waals surface area (Å²) in [4.78, 5) is 11.4. The van der Waals surface area contributed by atoms with Crippen LogP contribution in [0.3, 0.4) is 0 Å². The van der Waals surface area contributed by atoms with Crippen LogP contribution < -0.4 is 11.1 Å². The van der Waals surface area contributed by atoms with Crippen LogP contribution in [0.4, 0.5) is 0 Å². The lowest BCUT2D eigenvalue weighted by molar-refractivity contribution is 0.1000. The Hall–Kier alpha value is -0.960. The molecule has 0 spiro atoms. The number of hydrogen-bond donors (Lipinski definition) is 2. The predicted octanol–water partition coefficient (Wildman–Crippen LogP) is 0.388. The largest absolute Gasteiger partial charge is 0.366 e. The Bertz CT molecular complexity index is 680. The molecule has 8 heteroatoms. The third-order valence-corrected chi connectivity index (χ3v) is 6.42. The molecule has 2 aliphatic rings. The Morgan fingerprint density at radius 1 is 1.24 bits per heavy atom. The molecule has 3 rings (SSSR count). The number of benzene rings is 1. The highest BCUT2D eigenvalue weighted by Crippen LogP contribution is 2.31. The van der Waals surface area contributed by atoms with Crippen molar-refractivity contribution in [3.8, 4) is 0 Å². The fraction of sp³-hybridized carbons (Fsp3) is 0.462. The molecule has 21 heavy (non-hydrogen) atoms. The Labute approximate surface area is 131 Å². The maximum absolute atomic E-state index is 12.7. The number of fused-ring (bicyclic) bond motifs is 1. The van der Waals surface area contributed by atoms with Gasteiger partial charge in [0.1, 0.15) is 0 Å². The maximum Gasteiger partial charge on any atom is 0.248 e. The molecule has 2 heterocycles. The molecule has 1 aromatic carbocycles. The minimum Gasteiger partial charge on any atom is -0.366 e. The number of nitrogens with one attached hydrogen (secondary N) is 1. The molecule has 2 aliphatic heterocycles. The van der Waals surface area contributed by atoms with E-state index in [0.717, 1.165) is 13.1 Å². The van der Waals surface area contributed by atoms with Gasteiger partial charge in [0.15, 0.2) is 0 Å². The fourth-order valence-electron chi connectivity index (χ4n) is 3.01. The molecular weight excluding hydrogens is 358 g/mol. The molecular formula is C13H16BrN3O3S. The first-order valence-electron chi connectivity index (χ1n) is 6.69. The highest BCUT2D eigenvalue weighted by molar-refractivity contribution is 9.10. The minimum absolute atomic E-state index is 0.110. The maximum atomic E-state index is 12.7. The van der Waals surface area contributed by atoms with E-state index < -0.39 is 15.9 Å². The van der Waals surface area contributed by atoms with Crippen LogP contribution in [0.1, 0.15) is 10.4 Å².